The van der Waals surface area contributed by atoms with Crippen LogP contribution in [0.1, 0.15) is 5.69 Å². The van der Waals surface area contributed by atoms with Gasteiger partial charge in [-0.15, -0.1) is 0 Å². The molecule has 0 saturated carbocycles. The third kappa shape index (κ3) is 4.26. The van der Waals surface area contributed by atoms with Gasteiger partial charge < -0.3 is 10.4 Å². The number of rotatable bonds is 7. The minimum Gasteiger partial charge on any atom is -0.480 e. The second kappa shape index (κ2) is 6.78. The molecule has 16 heavy (non-hydrogen) atoms. The largest absolute Gasteiger partial charge is 0.480 e. The van der Waals surface area contributed by atoms with Gasteiger partial charge in [-0.3, -0.25) is 14.8 Å². The first kappa shape index (κ1) is 12.4. The van der Waals surface area contributed by atoms with Crippen molar-refractivity contribution in [3.8, 4) is 0 Å². The molecule has 1 heterocycles. The quantitative estimate of drug-likeness (QED) is 0.648. The van der Waals surface area contributed by atoms with E-state index in [2.05, 4.69) is 15.3 Å². The van der Waals surface area contributed by atoms with Crippen molar-refractivity contribution in [2.24, 2.45) is 0 Å². The van der Waals surface area contributed by atoms with Crippen molar-refractivity contribution in [1.29, 1.82) is 0 Å². The lowest BCUT2D eigenvalue weighted by Crippen LogP contribution is -2.37. The molecule has 1 rings (SSSR count). The summed E-state index contributed by atoms with van der Waals surface area (Å²) in [7, 11) is 0. The highest BCUT2D eigenvalue weighted by Crippen LogP contribution is 2.10. The van der Waals surface area contributed by atoms with Crippen molar-refractivity contribution < 1.29 is 14.7 Å². The third-order valence-electron chi connectivity index (χ3n) is 1.72. The summed E-state index contributed by atoms with van der Waals surface area (Å²) in [4.78, 5) is 28.8. The van der Waals surface area contributed by atoms with Gasteiger partial charge in [0, 0.05) is 30.1 Å². The van der Waals surface area contributed by atoms with Gasteiger partial charge in [0.25, 0.3) is 0 Å². The van der Waals surface area contributed by atoms with Gasteiger partial charge in [0.15, 0.2) is 0 Å². The maximum atomic E-state index is 10.7. The zero-order valence-electron chi connectivity index (χ0n) is 8.37. The van der Waals surface area contributed by atoms with Crippen LogP contribution in [0.3, 0.4) is 0 Å². The molecular weight excluding hydrogens is 230 g/mol. The number of carbonyl (C=O) groups excluding carboxylic acids is 1. The molecule has 0 bridgehead atoms. The fourth-order valence-electron chi connectivity index (χ4n) is 0.959. The van der Waals surface area contributed by atoms with Crippen LogP contribution in [0.2, 0.25) is 0 Å². The second-order valence-electron chi connectivity index (χ2n) is 2.89. The summed E-state index contributed by atoms with van der Waals surface area (Å²) in [6.45, 7) is 0. The van der Waals surface area contributed by atoms with Crippen molar-refractivity contribution in [2.45, 2.75) is 11.8 Å². The topological polar surface area (TPSA) is 92.2 Å². The standard InChI is InChI=1S/C9H11N3O3S/c13-6-12-8(9(14)15)5-16-4-7-3-10-1-2-11-7/h1-3,6,8H,4-5H2,(H,12,13)(H,14,15). The van der Waals surface area contributed by atoms with Crippen LogP contribution in [0.5, 0.6) is 0 Å². The predicted molar refractivity (Wildman–Crippen MR) is 58.8 cm³/mol. The van der Waals surface area contributed by atoms with Gasteiger partial charge in [0.2, 0.25) is 6.41 Å². The Bertz CT molecular complexity index is 347. The van der Waals surface area contributed by atoms with Crippen molar-refractivity contribution in [3.63, 3.8) is 0 Å². The zero-order valence-corrected chi connectivity index (χ0v) is 9.18. The third-order valence-corrected chi connectivity index (χ3v) is 2.79. The number of hydrogen-bond acceptors (Lipinski definition) is 5. The lowest BCUT2D eigenvalue weighted by Gasteiger charge is -2.09. The predicted octanol–water partition coefficient (Wildman–Crippen LogP) is -0.0910. The second-order valence-corrected chi connectivity index (χ2v) is 3.92. The number of aromatic nitrogens is 2. The Morgan fingerprint density at radius 2 is 2.44 bits per heavy atom. The zero-order chi connectivity index (χ0) is 11.8. The first-order chi connectivity index (χ1) is 7.74. The lowest BCUT2D eigenvalue weighted by molar-refractivity contribution is -0.139. The van der Waals surface area contributed by atoms with E-state index >= 15 is 0 Å². The highest BCUT2D eigenvalue weighted by molar-refractivity contribution is 7.98. The molecule has 7 heteroatoms. The Morgan fingerprint density at radius 1 is 1.62 bits per heavy atom. The van der Waals surface area contributed by atoms with Gasteiger partial charge in [-0.05, 0) is 0 Å². The number of carboxylic acids is 1. The Hall–Kier alpha value is -1.63. The molecule has 0 fully saturated rings. The smallest absolute Gasteiger partial charge is 0.327 e. The summed E-state index contributed by atoms with van der Waals surface area (Å²) < 4.78 is 0. The summed E-state index contributed by atoms with van der Waals surface area (Å²) in [6.07, 6.45) is 5.16. The van der Waals surface area contributed by atoms with Crippen LogP contribution in [0.15, 0.2) is 18.6 Å². The molecule has 1 unspecified atom stereocenters. The molecule has 1 atom stereocenters. The number of carbonyl (C=O) groups is 2. The van der Waals surface area contributed by atoms with Crippen molar-refractivity contribution in [1.82, 2.24) is 15.3 Å². The van der Waals surface area contributed by atoms with Crippen LogP contribution in [0.4, 0.5) is 0 Å². The van der Waals surface area contributed by atoms with E-state index in [1.165, 1.54) is 11.8 Å². The summed E-state index contributed by atoms with van der Waals surface area (Å²) >= 11 is 1.38. The molecule has 0 aliphatic heterocycles. The van der Waals surface area contributed by atoms with Gasteiger partial charge >= 0.3 is 5.97 Å². The maximum absolute atomic E-state index is 10.7. The molecule has 6 nitrogen and oxygen atoms in total. The summed E-state index contributed by atoms with van der Waals surface area (Å²) in [5.74, 6) is -0.179. The van der Waals surface area contributed by atoms with E-state index in [0.29, 0.717) is 17.9 Å². The fraction of sp³-hybridized carbons (Fsp3) is 0.333. The monoisotopic (exact) mass is 241 g/mol. The lowest BCUT2D eigenvalue weighted by atomic mass is 10.3. The van der Waals surface area contributed by atoms with Gasteiger partial charge in [0.05, 0.1) is 5.69 Å². The molecular formula is C9H11N3O3S. The van der Waals surface area contributed by atoms with Gasteiger partial charge in [-0.1, -0.05) is 0 Å². The molecule has 86 valence electrons. The molecule has 1 aromatic rings. The first-order valence-electron chi connectivity index (χ1n) is 4.49. The number of carboxylic acid groups (broad SMARTS) is 1. The van der Waals surface area contributed by atoms with Crippen molar-refractivity contribution >= 4 is 24.1 Å². The SMILES string of the molecule is O=CNC(CSCc1cnccn1)C(=O)O. The molecule has 2 N–H and O–H groups in total. The summed E-state index contributed by atoms with van der Waals surface area (Å²) in [6, 6.07) is -0.862. The Morgan fingerprint density at radius 3 is 3.00 bits per heavy atom. The first-order valence-corrected chi connectivity index (χ1v) is 5.64. The van der Waals surface area contributed by atoms with E-state index in [1.807, 2.05) is 0 Å². The Labute approximate surface area is 96.5 Å². The molecule has 0 aliphatic rings. The normalized spacial score (nSPS) is 11.8. The van der Waals surface area contributed by atoms with E-state index in [0.717, 1.165) is 5.69 Å². The van der Waals surface area contributed by atoms with Crippen LogP contribution in [0, 0.1) is 0 Å². The number of hydrogen-bond donors (Lipinski definition) is 2. The van der Waals surface area contributed by atoms with Gasteiger partial charge in [0.1, 0.15) is 6.04 Å². The molecule has 1 aromatic heterocycles. The average Bonchev–Trinajstić information content (AvgIpc) is 2.29. The van der Waals surface area contributed by atoms with Crippen molar-refractivity contribution in [3.05, 3.63) is 24.3 Å². The molecule has 0 spiro atoms. The summed E-state index contributed by atoms with van der Waals surface area (Å²) in [5.41, 5.74) is 0.780. The number of aliphatic carboxylic acids is 1. The molecule has 1 amide bonds. The maximum Gasteiger partial charge on any atom is 0.327 e. The summed E-state index contributed by atoms with van der Waals surface area (Å²) in [5, 5.41) is 11.0. The van der Waals surface area contributed by atoms with E-state index in [1.54, 1.807) is 18.6 Å². The average molecular weight is 241 g/mol. The number of nitrogens with one attached hydrogen (secondary N) is 1. The molecule has 0 radical (unpaired) electrons. The highest BCUT2D eigenvalue weighted by atomic mass is 32.2. The van der Waals surface area contributed by atoms with Crippen LogP contribution >= 0.6 is 11.8 Å². The molecule has 0 aromatic carbocycles. The van der Waals surface area contributed by atoms with Crippen LogP contribution < -0.4 is 5.32 Å². The number of nitrogens with zero attached hydrogens (tertiary/aromatic N) is 2. The van der Waals surface area contributed by atoms with Crippen molar-refractivity contribution in [2.75, 3.05) is 5.75 Å². The number of thioether (sulfide) groups is 1. The minimum atomic E-state index is -1.04. The Balaban J connectivity index is 2.33. The van der Waals surface area contributed by atoms with E-state index in [-0.39, 0.29) is 0 Å². The van der Waals surface area contributed by atoms with Gasteiger partial charge in [-0.2, -0.15) is 11.8 Å². The van der Waals surface area contributed by atoms with E-state index in [4.69, 9.17) is 5.11 Å². The number of amides is 1. The van der Waals surface area contributed by atoms with Crippen LogP contribution in [-0.2, 0) is 15.3 Å². The van der Waals surface area contributed by atoms with E-state index < -0.39 is 12.0 Å². The molecule has 0 saturated heterocycles. The van der Waals surface area contributed by atoms with Crippen LogP contribution in [-0.4, -0.2) is 39.2 Å². The fourth-order valence-corrected chi connectivity index (χ4v) is 1.91. The van der Waals surface area contributed by atoms with Crippen LogP contribution in [0.25, 0.3) is 0 Å². The van der Waals surface area contributed by atoms with E-state index in [9.17, 15) is 9.59 Å². The highest BCUT2D eigenvalue weighted by Gasteiger charge is 2.15. The minimum absolute atomic E-state index is 0.296. The molecule has 0 aliphatic carbocycles. The Kier molecular flexibility index (Phi) is 5.27. The van der Waals surface area contributed by atoms with Gasteiger partial charge in [-0.25, -0.2) is 4.79 Å².